The number of hydrogen-bond donors (Lipinski definition) is 2. The number of aryl methyl sites for hydroxylation is 1. The number of imidazole rings is 1. The van der Waals surface area contributed by atoms with Gasteiger partial charge >= 0.3 is 6.18 Å². The van der Waals surface area contributed by atoms with E-state index in [4.69, 9.17) is 5.11 Å². The Bertz CT molecular complexity index is 351. The van der Waals surface area contributed by atoms with Gasteiger partial charge in [-0.1, -0.05) is 0 Å². The summed E-state index contributed by atoms with van der Waals surface area (Å²) in [4.78, 5) is 14.9. The summed E-state index contributed by atoms with van der Waals surface area (Å²) in [5.74, 6) is -0.554. The number of aliphatic hydroxyl groups excluding tert-OH is 1. The van der Waals surface area contributed by atoms with Crippen molar-refractivity contribution in [3.63, 3.8) is 0 Å². The number of alkyl halides is 3. The van der Waals surface area contributed by atoms with Gasteiger partial charge in [0.2, 0.25) is 5.91 Å². The zero-order chi connectivity index (χ0) is 12.9. The number of nitrogens with one attached hydrogen (secondary N) is 1. The van der Waals surface area contributed by atoms with Crippen LogP contribution in [0.15, 0.2) is 18.7 Å². The van der Waals surface area contributed by atoms with E-state index in [1.54, 1.807) is 10.8 Å². The number of carbonyl (C=O) groups is 1. The summed E-state index contributed by atoms with van der Waals surface area (Å²) >= 11 is 0. The molecule has 96 valence electrons. The number of aromatic nitrogens is 2. The molecule has 1 unspecified atom stereocenters. The van der Waals surface area contributed by atoms with Gasteiger partial charge in [0, 0.05) is 25.4 Å². The molecule has 1 aromatic heterocycles. The summed E-state index contributed by atoms with van der Waals surface area (Å²) in [6, 6.07) is 0. The second-order valence-corrected chi connectivity index (χ2v) is 3.41. The highest BCUT2D eigenvalue weighted by molar-refractivity contribution is 5.75. The Labute approximate surface area is 95.3 Å². The van der Waals surface area contributed by atoms with Crippen molar-refractivity contribution < 1.29 is 23.1 Å². The normalized spacial score (nSPS) is 13.4. The molecule has 1 atom stereocenters. The lowest BCUT2D eigenvalue weighted by Gasteiger charge is -2.14. The van der Waals surface area contributed by atoms with Crippen LogP contribution in [0.2, 0.25) is 0 Å². The third-order valence-corrected chi connectivity index (χ3v) is 2.03. The zero-order valence-corrected chi connectivity index (χ0v) is 8.81. The van der Waals surface area contributed by atoms with E-state index >= 15 is 0 Å². The third-order valence-electron chi connectivity index (χ3n) is 2.03. The average molecular weight is 251 g/mol. The highest BCUT2D eigenvalue weighted by atomic mass is 19.4. The van der Waals surface area contributed by atoms with Gasteiger partial charge in [-0.05, 0) is 0 Å². The van der Waals surface area contributed by atoms with Crippen LogP contribution < -0.4 is 5.32 Å². The van der Waals surface area contributed by atoms with Crippen LogP contribution in [0, 0.1) is 0 Å². The number of rotatable bonds is 5. The lowest BCUT2D eigenvalue weighted by atomic mass is 10.3. The number of amides is 1. The Morgan fingerprint density at radius 2 is 2.24 bits per heavy atom. The number of nitrogens with zero attached hydrogens (tertiary/aromatic N) is 2. The van der Waals surface area contributed by atoms with E-state index in [0.717, 1.165) is 0 Å². The topological polar surface area (TPSA) is 67.2 Å². The summed E-state index contributed by atoms with van der Waals surface area (Å²) in [6.07, 6.45) is -2.54. The molecule has 0 radical (unpaired) electrons. The molecule has 1 amide bonds. The van der Waals surface area contributed by atoms with Crippen LogP contribution in [-0.2, 0) is 11.3 Å². The monoisotopic (exact) mass is 251 g/mol. The van der Waals surface area contributed by atoms with Crippen LogP contribution >= 0.6 is 0 Å². The second-order valence-electron chi connectivity index (χ2n) is 3.41. The van der Waals surface area contributed by atoms with Crippen LogP contribution in [0.3, 0.4) is 0 Å². The summed E-state index contributed by atoms with van der Waals surface area (Å²) < 4.78 is 37.3. The van der Waals surface area contributed by atoms with E-state index in [1.165, 1.54) is 12.5 Å². The fourth-order valence-electron chi connectivity index (χ4n) is 1.06. The number of hydrogen-bond acceptors (Lipinski definition) is 3. The molecule has 17 heavy (non-hydrogen) atoms. The predicted molar refractivity (Wildman–Crippen MR) is 51.9 cm³/mol. The maximum atomic E-state index is 11.9. The first-order valence-corrected chi connectivity index (χ1v) is 4.87. The van der Waals surface area contributed by atoms with E-state index in [-0.39, 0.29) is 6.42 Å². The zero-order valence-electron chi connectivity index (χ0n) is 8.81. The maximum absolute atomic E-state index is 11.9. The van der Waals surface area contributed by atoms with Crippen molar-refractivity contribution in [1.29, 1.82) is 0 Å². The molecule has 0 aliphatic rings. The molecular formula is C9H12F3N3O2. The molecule has 0 aliphatic heterocycles. The van der Waals surface area contributed by atoms with Crippen molar-refractivity contribution in [1.82, 2.24) is 14.9 Å². The molecule has 1 heterocycles. The number of halogens is 3. The number of aliphatic hydroxyl groups is 1. The van der Waals surface area contributed by atoms with Crippen molar-refractivity contribution in [3.05, 3.63) is 18.7 Å². The van der Waals surface area contributed by atoms with Crippen molar-refractivity contribution in [2.24, 2.45) is 0 Å². The molecular weight excluding hydrogens is 239 g/mol. The summed E-state index contributed by atoms with van der Waals surface area (Å²) in [7, 11) is 0. The maximum Gasteiger partial charge on any atom is 0.416 e. The van der Waals surface area contributed by atoms with Gasteiger partial charge < -0.3 is 15.0 Å². The number of carbonyl (C=O) groups excluding carboxylic acids is 1. The smallest absolute Gasteiger partial charge is 0.382 e. The predicted octanol–water partition coefficient (Wildman–Crippen LogP) is 0.313. The van der Waals surface area contributed by atoms with Crippen LogP contribution in [0.4, 0.5) is 13.2 Å². The lowest BCUT2D eigenvalue weighted by Crippen LogP contribution is -2.40. The van der Waals surface area contributed by atoms with Gasteiger partial charge in [0.1, 0.15) is 0 Å². The van der Waals surface area contributed by atoms with E-state index in [9.17, 15) is 18.0 Å². The first-order chi connectivity index (χ1) is 7.89. The van der Waals surface area contributed by atoms with E-state index in [1.807, 2.05) is 5.32 Å². The van der Waals surface area contributed by atoms with E-state index in [2.05, 4.69) is 4.98 Å². The lowest BCUT2D eigenvalue weighted by molar-refractivity contribution is -0.201. The SMILES string of the molecule is O=C(CCn1ccnc1)NCC(O)C(F)(F)F. The molecule has 1 aromatic rings. The van der Waals surface area contributed by atoms with Gasteiger partial charge in [0.25, 0.3) is 0 Å². The van der Waals surface area contributed by atoms with Gasteiger partial charge in [-0.15, -0.1) is 0 Å². The van der Waals surface area contributed by atoms with Crippen molar-refractivity contribution in [2.75, 3.05) is 6.54 Å². The standard InChI is InChI=1S/C9H12F3N3O2/c10-9(11,12)7(16)5-14-8(17)1-3-15-4-2-13-6-15/h2,4,6-7,16H,1,3,5H2,(H,14,17). The first kappa shape index (κ1) is 13.5. The van der Waals surface area contributed by atoms with Gasteiger partial charge in [-0.3, -0.25) is 4.79 Å². The molecule has 5 nitrogen and oxygen atoms in total. The van der Waals surface area contributed by atoms with Crippen LogP contribution in [0.1, 0.15) is 6.42 Å². The van der Waals surface area contributed by atoms with E-state index < -0.39 is 24.7 Å². The largest absolute Gasteiger partial charge is 0.416 e. The molecule has 8 heteroatoms. The molecule has 0 aliphatic carbocycles. The molecule has 0 spiro atoms. The van der Waals surface area contributed by atoms with Gasteiger partial charge in [-0.2, -0.15) is 13.2 Å². The summed E-state index contributed by atoms with van der Waals surface area (Å²) in [5.41, 5.74) is 0. The Kier molecular flexibility index (Phi) is 4.50. The molecule has 0 aromatic carbocycles. The van der Waals surface area contributed by atoms with Crippen LogP contribution in [-0.4, -0.2) is 39.4 Å². The minimum Gasteiger partial charge on any atom is -0.382 e. The van der Waals surface area contributed by atoms with Crippen molar-refractivity contribution in [3.8, 4) is 0 Å². The quantitative estimate of drug-likeness (QED) is 0.791. The summed E-state index contributed by atoms with van der Waals surface area (Å²) in [6.45, 7) is -0.500. The fraction of sp³-hybridized carbons (Fsp3) is 0.556. The van der Waals surface area contributed by atoms with Crippen LogP contribution in [0.25, 0.3) is 0 Å². The van der Waals surface area contributed by atoms with Crippen molar-refractivity contribution >= 4 is 5.91 Å². The third kappa shape index (κ3) is 4.85. The summed E-state index contributed by atoms with van der Waals surface area (Å²) in [5, 5.41) is 10.6. The average Bonchev–Trinajstić information content (AvgIpc) is 2.74. The van der Waals surface area contributed by atoms with E-state index in [0.29, 0.717) is 6.54 Å². The molecule has 2 N–H and O–H groups in total. The molecule has 0 saturated carbocycles. The Morgan fingerprint density at radius 1 is 1.53 bits per heavy atom. The minimum absolute atomic E-state index is 0.0287. The second kappa shape index (κ2) is 5.67. The molecule has 0 fully saturated rings. The van der Waals surface area contributed by atoms with Gasteiger partial charge in [0.15, 0.2) is 6.10 Å². The fourth-order valence-corrected chi connectivity index (χ4v) is 1.06. The molecule has 0 bridgehead atoms. The Hall–Kier alpha value is -1.57. The molecule has 0 saturated heterocycles. The first-order valence-electron chi connectivity index (χ1n) is 4.87. The molecule has 1 rings (SSSR count). The van der Waals surface area contributed by atoms with Crippen LogP contribution in [0.5, 0.6) is 0 Å². The Morgan fingerprint density at radius 3 is 2.76 bits per heavy atom. The minimum atomic E-state index is -4.71. The van der Waals surface area contributed by atoms with Gasteiger partial charge in [-0.25, -0.2) is 4.98 Å². The highest BCUT2D eigenvalue weighted by Gasteiger charge is 2.38. The highest BCUT2D eigenvalue weighted by Crippen LogP contribution is 2.19. The van der Waals surface area contributed by atoms with Crippen molar-refractivity contribution in [2.45, 2.75) is 25.2 Å². The van der Waals surface area contributed by atoms with Gasteiger partial charge in [0.05, 0.1) is 12.9 Å². The Balaban J connectivity index is 2.22.